The highest BCUT2D eigenvalue weighted by Crippen LogP contribution is 2.39. The van der Waals surface area contributed by atoms with Gasteiger partial charge in [-0.3, -0.25) is 4.79 Å². The van der Waals surface area contributed by atoms with E-state index < -0.39 is 35.7 Å². The molecule has 1 aromatic heterocycles. The van der Waals surface area contributed by atoms with Gasteiger partial charge in [-0.1, -0.05) is 13.0 Å². The maximum Gasteiger partial charge on any atom is 0.344 e. The average Bonchev–Trinajstić information content (AvgIpc) is 2.95. The van der Waals surface area contributed by atoms with Crippen molar-refractivity contribution in [1.29, 1.82) is 5.26 Å². The Hall–Kier alpha value is -2.79. The van der Waals surface area contributed by atoms with E-state index in [0.717, 1.165) is 47.9 Å². The molecule has 5 nitrogen and oxygen atoms in total. The number of esters is 1. The quantitative estimate of drug-likeness (QED) is 0.805. The summed E-state index contributed by atoms with van der Waals surface area (Å²) in [6.07, 6.45) is 2.62. The molecular weight excluding hydrogens is 374 g/mol. The molecule has 0 saturated heterocycles. The summed E-state index contributed by atoms with van der Waals surface area (Å²) < 4.78 is 31.8. The number of anilines is 1. The molecule has 1 aliphatic rings. The lowest BCUT2D eigenvalue weighted by atomic mass is 9.89. The van der Waals surface area contributed by atoms with E-state index in [1.165, 1.54) is 11.3 Å². The smallest absolute Gasteiger partial charge is 0.344 e. The normalized spacial score (nSPS) is 15.6. The molecule has 0 aliphatic heterocycles. The van der Waals surface area contributed by atoms with Gasteiger partial charge in [-0.15, -0.1) is 11.3 Å². The molecule has 140 valence electrons. The molecule has 27 heavy (non-hydrogen) atoms. The fourth-order valence-electron chi connectivity index (χ4n) is 3.02. The molecular formula is C19H16F2N2O3S. The molecule has 1 aliphatic carbocycles. The number of amides is 1. The topological polar surface area (TPSA) is 79.2 Å². The number of benzene rings is 1. The first-order valence-electron chi connectivity index (χ1n) is 8.36. The Morgan fingerprint density at radius 1 is 1.37 bits per heavy atom. The Bertz CT molecular complexity index is 929. The van der Waals surface area contributed by atoms with Crippen molar-refractivity contribution in [3.63, 3.8) is 0 Å². The maximum atomic E-state index is 13.6. The van der Waals surface area contributed by atoms with Crippen molar-refractivity contribution in [3.8, 4) is 6.07 Å². The van der Waals surface area contributed by atoms with Gasteiger partial charge in [-0.2, -0.15) is 5.26 Å². The van der Waals surface area contributed by atoms with Crippen molar-refractivity contribution in [2.45, 2.75) is 26.2 Å². The summed E-state index contributed by atoms with van der Waals surface area (Å²) in [7, 11) is 0. The van der Waals surface area contributed by atoms with Crippen LogP contribution in [0.25, 0.3) is 0 Å². The molecule has 0 unspecified atom stereocenters. The Morgan fingerprint density at radius 2 is 2.07 bits per heavy atom. The van der Waals surface area contributed by atoms with Crippen molar-refractivity contribution in [2.75, 3.05) is 11.9 Å². The number of fused-ring (bicyclic) bond motifs is 1. The Kier molecular flexibility index (Phi) is 5.51. The summed E-state index contributed by atoms with van der Waals surface area (Å²) in [6.45, 7) is 1.42. The average molecular weight is 390 g/mol. The minimum Gasteiger partial charge on any atom is -0.452 e. The molecule has 8 heteroatoms. The van der Waals surface area contributed by atoms with Gasteiger partial charge in [-0.25, -0.2) is 13.6 Å². The van der Waals surface area contributed by atoms with Crippen LogP contribution < -0.4 is 5.32 Å². The largest absolute Gasteiger partial charge is 0.452 e. The second-order valence-corrected chi connectivity index (χ2v) is 7.49. The first-order valence-corrected chi connectivity index (χ1v) is 9.18. The van der Waals surface area contributed by atoms with Crippen LogP contribution in [0.5, 0.6) is 0 Å². The molecule has 0 bridgehead atoms. The van der Waals surface area contributed by atoms with Gasteiger partial charge < -0.3 is 10.1 Å². The predicted molar refractivity (Wildman–Crippen MR) is 95.5 cm³/mol. The van der Waals surface area contributed by atoms with E-state index in [0.29, 0.717) is 16.5 Å². The molecule has 1 amide bonds. The number of hydrogen-bond donors (Lipinski definition) is 1. The third kappa shape index (κ3) is 3.98. The molecule has 1 atom stereocenters. The van der Waals surface area contributed by atoms with Gasteiger partial charge in [0.2, 0.25) is 0 Å². The molecule has 0 spiro atoms. The van der Waals surface area contributed by atoms with Crippen LogP contribution in [-0.2, 0) is 22.4 Å². The highest BCUT2D eigenvalue weighted by Gasteiger charge is 2.25. The van der Waals surface area contributed by atoms with Crippen LogP contribution in [0.15, 0.2) is 18.2 Å². The number of nitrogens with one attached hydrogen (secondary N) is 1. The maximum absolute atomic E-state index is 13.6. The van der Waals surface area contributed by atoms with Gasteiger partial charge >= 0.3 is 5.97 Å². The van der Waals surface area contributed by atoms with Crippen molar-refractivity contribution < 1.29 is 23.1 Å². The van der Waals surface area contributed by atoms with E-state index in [2.05, 4.69) is 18.3 Å². The van der Waals surface area contributed by atoms with Gasteiger partial charge in [0, 0.05) is 4.88 Å². The molecule has 1 heterocycles. The third-order valence-corrected chi connectivity index (χ3v) is 5.55. The van der Waals surface area contributed by atoms with Gasteiger partial charge in [0.15, 0.2) is 6.61 Å². The Balaban J connectivity index is 1.67. The summed E-state index contributed by atoms with van der Waals surface area (Å²) in [4.78, 5) is 25.0. The fourth-order valence-corrected chi connectivity index (χ4v) is 4.39. The van der Waals surface area contributed by atoms with E-state index in [4.69, 9.17) is 4.74 Å². The zero-order valence-electron chi connectivity index (χ0n) is 14.5. The number of nitrogens with zero attached hydrogens (tertiary/aromatic N) is 1. The van der Waals surface area contributed by atoms with Crippen LogP contribution in [0.3, 0.4) is 0 Å². The number of halogens is 2. The number of ether oxygens (including phenoxy) is 1. The second kappa shape index (κ2) is 7.84. The second-order valence-electron chi connectivity index (χ2n) is 6.39. The molecule has 0 fully saturated rings. The summed E-state index contributed by atoms with van der Waals surface area (Å²) >= 11 is 1.34. The summed E-state index contributed by atoms with van der Waals surface area (Å²) in [5, 5.41) is 12.4. The first-order chi connectivity index (χ1) is 12.9. The summed E-state index contributed by atoms with van der Waals surface area (Å²) in [5.74, 6) is -3.55. The third-order valence-electron chi connectivity index (χ3n) is 4.38. The number of nitriles is 1. The van der Waals surface area contributed by atoms with E-state index >= 15 is 0 Å². The molecule has 0 radical (unpaired) electrons. The highest BCUT2D eigenvalue weighted by molar-refractivity contribution is 7.16. The number of carbonyl (C=O) groups excluding carboxylic acids is 2. The standard InChI is InChI=1S/C19H16F2N2O3S/c1-10-5-6-11-12(8-22)18(27-15(11)7-10)23-16(24)9-26-19(25)17-13(20)3-2-4-14(17)21/h2-4,10H,5-7,9H2,1H3,(H,23,24)/t10-/m0/s1. The number of hydrogen-bond acceptors (Lipinski definition) is 5. The van der Waals surface area contributed by atoms with Gasteiger partial charge in [0.25, 0.3) is 5.91 Å². The van der Waals surface area contributed by atoms with Crippen LogP contribution in [0.4, 0.5) is 13.8 Å². The first kappa shape index (κ1) is 19.0. The lowest BCUT2D eigenvalue weighted by Gasteiger charge is -2.17. The Labute approximate surface area is 158 Å². The van der Waals surface area contributed by atoms with Crippen molar-refractivity contribution in [3.05, 3.63) is 51.4 Å². The molecule has 3 rings (SSSR count). The van der Waals surface area contributed by atoms with Crippen molar-refractivity contribution >= 4 is 28.2 Å². The summed E-state index contributed by atoms with van der Waals surface area (Å²) in [6, 6.07) is 5.09. The number of thiophene rings is 1. The number of rotatable bonds is 4. The minimum atomic E-state index is -1.26. The lowest BCUT2D eigenvalue weighted by Crippen LogP contribution is -2.22. The van der Waals surface area contributed by atoms with Crippen LogP contribution in [0.1, 0.15) is 39.7 Å². The summed E-state index contributed by atoms with van der Waals surface area (Å²) in [5.41, 5.74) is 0.548. The molecule has 1 N–H and O–H groups in total. The van der Waals surface area contributed by atoms with E-state index in [-0.39, 0.29) is 0 Å². The van der Waals surface area contributed by atoms with E-state index in [1.807, 2.05) is 0 Å². The van der Waals surface area contributed by atoms with E-state index in [1.54, 1.807) is 0 Å². The fraction of sp³-hybridized carbons (Fsp3) is 0.316. The van der Waals surface area contributed by atoms with Crippen molar-refractivity contribution in [2.24, 2.45) is 5.92 Å². The van der Waals surface area contributed by atoms with E-state index in [9.17, 15) is 23.6 Å². The minimum absolute atomic E-state index is 0.412. The van der Waals surface area contributed by atoms with Crippen LogP contribution >= 0.6 is 11.3 Å². The highest BCUT2D eigenvalue weighted by atomic mass is 32.1. The van der Waals surface area contributed by atoms with Crippen LogP contribution in [-0.4, -0.2) is 18.5 Å². The SMILES string of the molecule is C[C@H]1CCc2c(sc(NC(=O)COC(=O)c3c(F)cccc3F)c2C#N)C1. The Morgan fingerprint density at radius 3 is 2.74 bits per heavy atom. The zero-order valence-corrected chi connectivity index (χ0v) is 15.3. The molecule has 2 aromatic rings. The number of carbonyl (C=O) groups is 2. The lowest BCUT2D eigenvalue weighted by molar-refractivity contribution is -0.119. The molecule has 1 aromatic carbocycles. The van der Waals surface area contributed by atoms with Gasteiger partial charge in [0.1, 0.15) is 28.3 Å². The zero-order chi connectivity index (χ0) is 19.6. The van der Waals surface area contributed by atoms with Gasteiger partial charge in [-0.05, 0) is 42.9 Å². The predicted octanol–water partition coefficient (Wildman–Crippen LogP) is 3.82. The monoisotopic (exact) mass is 390 g/mol. The van der Waals surface area contributed by atoms with Crippen molar-refractivity contribution in [1.82, 2.24) is 0 Å². The van der Waals surface area contributed by atoms with Crippen LogP contribution in [0.2, 0.25) is 0 Å². The van der Waals surface area contributed by atoms with Crippen LogP contribution in [0, 0.1) is 28.9 Å². The molecule has 0 saturated carbocycles. The van der Waals surface area contributed by atoms with Gasteiger partial charge in [0.05, 0.1) is 5.56 Å².